The molecule has 0 spiro atoms. The summed E-state index contributed by atoms with van der Waals surface area (Å²) >= 11 is 8.23. The van der Waals surface area contributed by atoms with Crippen molar-refractivity contribution in [2.24, 2.45) is 0 Å². The molecule has 0 aliphatic rings. The Morgan fingerprint density at radius 1 is 1.43 bits per heavy atom. The van der Waals surface area contributed by atoms with Crippen LogP contribution in [0.4, 0.5) is 0 Å². The largest absolute Gasteiger partial charge is 0.268 e. The van der Waals surface area contributed by atoms with Gasteiger partial charge in [-0.1, -0.05) is 11.6 Å². The van der Waals surface area contributed by atoms with Crippen LogP contribution in [0.15, 0.2) is 36.7 Å². The van der Waals surface area contributed by atoms with Crippen LogP contribution in [0.1, 0.15) is 5.56 Å². The van der Waals surface area contributed by atoms with Crippen LogP contribution in [0.5, 0.6) is 0 Å². The van der Waals surface area contributed by atoms with Crippen molar-refractivity contribution in [3.8, 4) is 0 Å². The standard InChI is InChI=1S/C10H8ClIN2/c11-9-2-3-10(12)8(6-9)7-14-5-1-4-13-14/h1-6H,7H2. The van der Waals surface area contributed by atoms with Crippen molar-refractivity contribution < 1.29 is 0 Å². The van der Waals surface area contributed by atoms with E-state index >= 15 is 0 Å². The summed E-state index contributed by atoms with van der Waals surface area (Å²) in [6.45, 7) is 0.770. The summed E-state index contributed by atoms with van der Waals surface area (Å²) in [7, 11) is 0. The highest BCUT2D eigenvalue weighted by Crippen LogP contribution is 2.18. The average molecular weight is 319 g/mol. The van der Waals surface area contributed by atoms with Crippen LogP contribution in [0.2, 0.25) is 5.02 Å². The predicted octanol–water partition coefficient (Wildman–Crippen LogP) is 3.19. The lowest BCUT2D eigenvalue weighted by atomic mass is 10.2. The number of aromatic nitrogens is 2. The molecule has 0 aliphatic heterocycles. The van der Waals surface area contributed by atoms with Crippen molar-refractivity contribution in [3.05, 3.63) is 50.8 Å². The van der Waals surface area contributed by atoms with Crippen molar-refractivity contribution >= 4 is 34.2 Å². The van der Waals surface area contributed by atoms with Gasteiger partial charge in [-0.2, -0.15) is 5.10 Å². The minimum Gasteiger partial charge on any atom is -0.268 e. The van der Waals surface area contributed by atoms with Gasteiger partial charge in [-0.3, -0.25) is 4.68 Å². The number of hydrogen-bond donors (Lipinski definition) is 0. The topological polar surface area (TPSA) is 17.8 Å². The summed E-state index contributed by atoms with van der Waals surface area (Å²) in [4.78, 5) is 0. The molecule has 4 heteroatoms. The molecule has 0 unspecified atom stereocenters. The van der Waals surface area contributed by atoms with E-state index < -0.39 is 0 Å². The zero-order valence-corrected chi connectivity index (χ0v) is 10.2. The van der Waals surface area contributed by atoms with Crippen molar-refractivity contribution in [2.75, 3.05) is 0 Å². The molecule has 0 amide bonds. The normalized spacial score (nSPS) is 10.4. The monoisotopic (exact) mass is 318 g/mol. The Balaban J connectivity index is 2.28. The summed E-state index contributed by atoms with van der Waals surface area (Å²) in [5.74, 6) is 0. The maximum Gasteiger partial charge on any atom is 0.0670 e. The number of rotatable bonds is 2. The highest BCUT2D eigenvalue weighted by Gasteiger charge is 2.01. The Labute approximate surface area is 101 Å². The van der Waals surface area contributed by atoms with E-state index in [-0.39, 0.29) is 0 Å². The fourth-order valence-corrected chi connectivity index (χ4v) is 1.93. The molecule has 0 N–H and O–H groups in total. The van der Waals surface area contributed by atoms with Gasteiger partial charge in [-0.25, -0.2) is 0 Å². The number of benzene rings is 1. The average Bonchev–Trinajstić information content (AvgIpc) is 2.64. The molecule has 14 heavy (non-hydrogen) atoms. The third-order valence-corrected chi connectivity index (χ3v) is 3.19. The Hall–Kier alpha value is -0.550. The maximum absolute atomic E-state index is 5.92. The summed E-state index contributed by atoms with van der Waals surface area (Å²) < 4.78 is 3.09. The van der Waals surface area contributed by atoms with Crippen molar-refractivity contribution in [2.45, 2.75) is 6.54 Å². The SMILES string of the molecule is Clc1ccc(I)c(Cn2cccn2)c1. The van der Waals surface area contributed by atoms with Gasteiger partial charge in [0.25, 0.3) is 0 Å². The molecule has 0 atom stereocenters. The van der Waals surface area contributed by atoms with Gasteiger partial charge in [-0.05, 0) is 52.4 Å². The number of nitrogens with zero attached hydrogens (tertiary/aromatic N) is 2. The van der Waals surface area contributed by atoms with Crippen LogP contribution < -0.4 is 0 Å². The highest BCUT2D eigenvalue weighted by atomic mass is 127. The first-order valence-corrected chi connectivity index (χ1v) is 5.63. The molecule has 2 nitrogen and oxygen atoms in total. The van der Waals surface area contributed by atoms with E-state index in [4.69, 9.17) is 11.6 Å². The van der Waals surface area contributed by atoms with Gasteiger partial charge in [0, 0.05) is 21.0 Å². The molecule has 1 heterocycles. The lowest BCUT2D eigenvalue weighted by Crippen LogP contribution is -2.01. The molecule has 0 fully saturated rings. The van der Waals surface area contributed by atoms with Gasteiger partial charge in [0.15, 0.2) is 0 Å². The predicted molar refractivity (Wildman–Crippen MR) is 65.5 cm³/mol. The second-order valence-electron chi connectivity index (χ2n) is 2.94. The third kappa shape index (κ3) is 2.27. The molecule has 1 aromatic carbocycles. The Morgan fingerprint density at radius 2 is 2.29 bits per heavy atom. The zero-order chi connectivity index (χ0) is 9.97. The zero-order valence-electron chi connectivity index (χ0n) is 7.32. The molecular weight excluding hydrogens is 310 g/mol. The van der Waals surface area contributed by atoms with Crippen LogP contribution in [0, 0.1) is 3.57 Å². The van der Waals surface area contributed by atoms with Gasteiger partial charge in [0.1, 0.15) is 0 Å². The molecule has 72 valence electrons. The lowest BCUT2D eigenvalue weighted by molar-refractivity contribution is 0.685. The fraction of sp³-hybridized carbons (Fsp3) is 0.100. The number of hydrogen-bond acceptors (Lipinski definition) is 1. The first-order chi connectivity index (χ1) is 6.75. The molecule has 0 radical (unpaired) electrons. The third-order valence-electron chi connectivity index (χ3n) is 1.90. The van der Waals surface area contributed by atoms with E-state index in [0.717, 1.165) is 11.6 Å². The molecule has 0 bridgehead atoms. The van der Waals surface area contributed by atoms with Crippen molar-refractivity contribution in [1.82, 2.24) is 9.78 Å². The first-order valence-electron chi connectivity index (χ1n) is 4.17. The van der Waals surface area contributed by atoms with Crippen molar-refractivity contribution in [3.63, 3.8) is 0 Å². The summed E-state index contributed by atoms with van der Waals surface area (Å²) in [5, 5.41) is 4.92. The smallest absolute Gasteiger partial charge is 0.0670 e. The van der Waals surface area contributed by atoms with Crippen LogP contribution in [-0.4, -0.2) is 9.78 Å². The van der Waals surface area contributed by atoms with E-state index in [1.54, 1.807) is 6.20 Å². The first kappa shape index (κ1) is 9.98. The van der Waals surface area contributed by atoms with E-state index in [2.05, 4.69) is 27.7 Å². The second-order valence-corrected chi connectivity index (χ2v) is 4.54. The molecule has 2 aromatic rings. The summed E-state index contributed by atoms with van der Waals surface area (Å²) in [5.41, 5.74) is 1.20. The Bertz CT molecular complexity index is 426. The summed E-state index contributed by atoms with van der Waals surface area (Å²) in [6.07, 6.45) is 3.72. The van der Waals surface area contributed by atoms with Gasteiger partial charge in [-0.15, -0.1) is 0 Å². The van der Waals surface area contributed by atoms with Gasteiger partial charge in [0.2, 0.25) is 0 Å². The molecule has 0 saturated heterocycles. The molecular formula is C10H8ClIN2. The quantitative estimate of drug-likeness (QED) is 0.778. The Morgan fingerprint density at radius 3 is 3.00 bits per heavy atom. The minimum absolute atomic E-state index is 0.770. The van der Waals surface area contributed by atoms with E-state index in [0.29, 0.717) is 0 Å². The van der Waals surface area contributed by atoms with Crippen LogP contribution >= 0.6 is 34.2 Å². The highest BCUT2D eigenvalue weighted by molar-refractivity contribution is 14.1. The van der Waals surface area contributed by atoms with E-state index in [1.165, 1.54) is 9.13 Å². The van der Waals surface area contributed by atoms with Crippen LogP contribution in [0.3, 0.4) is 0 Å². The van der Waals surface area contributed by atoms with Gasteiger partial charge < -0.3 is 0 Å². The van der Waals surface area contributed by atoms with E-state index in [9.17, 15) is 0 Å². The molecule has 2 rings (SSSR count). The van der Waals surface area contributed by atoms with Crippen molar-refractivity contribution in [1.29, 1.82) is 0 Å². The Kier molecular flexibility index (Phi) is 3.08. The molecule has 0 aliphatic carbocycles. The minimum atomic E-state index is 0.770. The van der Waals surface area contributed by atoms with E-state index in [1.807, 2.05) is 35.1 Å². The lowest BCUT2D eigenvalue weighted by Gasteiger charge is -2.05. The van der Waals surface area contributed by atoms with Gasteiger partial charge in [0.05, 0.1) is 6.54 Å². The van der Waals surface area contributed by atoms with Crippen LogP contribution in [0.25, 0.3) is 0 Å². The second kappa shape index (κ2) is 4.31. The maximum atomic E-state index is 5.92. The fourth-order valence-electron chi connectivity index (χ4n) is 1.23. The molecule has 1 aromatic heterocycles. The van der Waals surface area contributed by atoms with Gasteiger partial charge >= 0.3 is 0 Å². The summed E-state index contributed by atoms with van der Waals surface area (Å²) in [6, 6.07) is 7.81. The molecule has 0 saturated carbocycles. The number of halogens is 2. The van der Waals surface area contributed by atoms with Crippen LogP contribution in [-0.2, 0) is 6.54 Å².